The summed E-state index contributed by atoms with van der Waals surface area (Å²) in [5.74, 6) is 0.871. The number of aromatic nitrogens is 3. The summed E-state index contributed by atoms with van der Waals surface area (Å²) in [5.41, 5.74) is 2.74. The lowest BCUT2D eigenvalue weighted by Crippen LogP contribution is -2.57. The van der Waals surface area contributed by atoms with Crippen LogP contribution in [0.25, 0.3) is 11.3 Å². The van der Waals surface area contributed by atoms with Gasteiger partial charge in [-0.2, -0.15) is 0 Å². The molecule has 0 radical (unpaired) electrons. The topological polar surface area (TPSA) is 83.3 Å². The fraction of sp³-hybridized carbons (Fsp3) is 0.375. The number of carbonyl (C=O) groups excluding carboxylic acids is 1. The largest absolute Gasteiger partial charge is 0.508 e. The Kier molecular flexibility index (Phi) is 5.42. The first-order valence-corrected chi connectivity index (χ1v) is 10.9. The summed E-state index contributed by atoms with van der Waals surface area (Å²) in [5, 5.41) is 21.4. The van der Waals surface area contributed by atoms with E-state index in [0.29, 0.717) is 18.5 Å². The standard InChI is InChI=1S/C24H27N5O2/c30-21-8-4-7-19(12-21)23-16-29(27-26-23)14-20-11-18-9-10-28(20)15-22(18)24(31)25-13-17-5-2-1-3-6-17/h1-8,12,16,18,20,22,30H,9-11,13-15H2,(H,25,31)/t18-,20+,22+/m0/s1. The quantitative estimate of drug-likeness (QED) is 0.644. The van der Waals surface area contributed by atoms with Gasteiger partial charge in [-0.3, -0.25) is 14.4 Å². The molecule has 3 aliphatic rings. The normalized spacial score (nSPS) is 24.8. The SMILES string of the molecule is O=C(NCc1ccccc1)[C@@H]1CN2CC[C@H]1C[C@@H]2Cn1cc(-c2cccc(O)c2)nn1. The van der Waals surface area contributed by atoms with Crippen molar-refractivity contribution in [2.24, 2.45) is 11.8 Å². The number of nitrogens with zero attached hydrogens (tertiary/aromatic N) is 4. The second-order valence-corrected chi connectivity index (χ2v) is 8.62. The molecule has 160 valence electrons. The molecule has 0 aliphatic carbocycles. The summed E-state index contributed by atoms with van der Waals surface area (Å²) in [7, 11) is 0. The predicted octanol–water partition coefficient (Wildman–Crippen LogP) is 2.68. The molecule has 4 heterocycles. The Balaban J connectivity index is 1.19. The molecule has 1 unspecified atom stereocenters. The van der Waals surface area contributed by atoms with Gasteiger partial charge in [0.2, 0.25) is 5.91 Å². The fourth-order valence-electron chi connectivity index (χ4n) is 4.94. The van der Waals surface area contributed by atoms with Crippen LogP contribution in [0.1, 0.15) is 18.4 Å². The number of carbonyl (C=O) groups is 1. The van der Waals surface area contributed by atoms with Crippen molar-refractivity contribution in [3.05, 3.63) is 66.4 Å². The van der Waals surface area contributed by atoms with Gasteiger partial charge in [-0.1, -0.05) is 47.7 Å². The third-order valence-electron chi connectivity index (χ3n) is 6.60. The highest BCUT2D eigenvalue weighted by atomic mass is 16.3. The van der Waals surface area contributed by atoms with Crippen molar-refractivity contribution in [3.63, 3.8) is 0 Å². The maximum Gasteiger partial charge on any atom is 0.224 e. The molecule has 2 N–H and O–H groups in total. The van der Waals surface area contributed by atoms with E-state index in [4.69, 9.17) is 0 Å². The first-order chi connectivity index (χ1) is 15.2. The molecule has 7 nitrogen and oxygen atoms in total. The van der Waals surface area contributed by atoms with Gasteiger partial charge in [-0.15, -0.1) is 5.10 Å². The molecule has 0 spiro atoms. The van der Waals surface area contributed by atoms with Gasteiger partial charge in [0.1, 0.15) is 11.4 Å². The van der Waals surface area contributed by atoms with Crippen molar-refractivity contribution in [2.45, 2.75) is 32.0 Å². The molecule has 0 saturated carbocycles. The molecular formula is C24H27N5O2. The van der Waals surface area contributed by atoms with Gasteiger partial charge >= 0.3 is 0 Å². The number of phenols is 1. The Morgan fingerprint density at radius 2 is 2.03 bits per heavy atom. The maximum absolute atomic E-state index is 12.8. The average Bonchev–Trinajstić information content (AvgIpc) is 3.27. The van der Waals surface area contributed by atoms with Crippen LogP contribution in [0.3, 0.4) is 0 Å². The van der Waals surface area contributed by atoms with E-state index in [1.54, 1.807) is 18.2 Å². The molecule has 1 amide bonds. The Bertz CT molecular complexity index is 1050. The van der Waals surface area contributed by atoms with Crippen LogP contribution in [-0.4, -0.2) is 50.0 Å². The zero-order valence-corrected chi connectivity index (χ0v) is 17.4. The van der Waals surface area contributed by atoms with Crippen molar-refractivity contribution in [1.29, 1.82) is 0 Å². The second-order valence-electron chi connectivity index (χ2n) is 8.62. The molecule has 3 saturated heterocycles. The molecule has 1 aromatic heterocycles. The molecule has 3 fully saturated rings. The van der Waals surface area contributed by atoms with Crippen molar-refractivity contribution >= 4 is 5.91 Å². The minimum Gasteiger partial charge on any atom is -0.508 e. The summed E-state index contributed by atoms with van der Waals surface area (Å²) >= 11 is 0. The number of nitrogens with one attached hydrogen (secondary N) is 1. The summed E-state index contributed by atoms with van der Waals surface area (Å²) in [6, 6.07) is 17.5. The monoisotopic (exact) mass is 417 g/mol. The number of rotatable bonds is 6. The molecule has 4 atom stereocenters. The zero-order valence-electron chi connectivity index (χ0n) is 17.4. The molecule has 7 heteroatoms. The van der Waals surface area contributed by atoms with Crippen LogP contribution in [0, 0.1) is 11.8 Å². The number of phenolic OH excluding ortho intramolecular Hbond substituents is 1. The van der Waals surface area contributed by atoms with Gasteiger partial charge in [0.05, 0.1) is 18.7 Å². The van der Waals surface area contributed by atoms with Crippen LogP contribution in [0.15, 0.2) is 60.8 Å². The van der Waals surface area contributed by atoms with E-state index in [9.17, 15) is 9.90 Å². The van der Waals surface area contributed by atoms with E-state index < -0.39 is 0 Å². The van der Waals surface area contributed by atoms with Gasteiger partial charge in [-0.05, 0) is 43.0 Å². The molecule has 3 aliphatic heterocycles. The van der Waals surface area contributed by atoms with Crippen LogP contribution >= 0.6 is 0 Å². The third kappa shape index (κ3) is 4.32. The fourth-order valence-corrected chi connectivity index (χ4v) is 4.94. The highest BCUT2D eigenvalue weighted by Crippen LogP contribution is 2.37. The van der Waals surface area contributed by atoms with Crippen LogP contribution in [0.4, 0.5) is 0 Å². The van der Waals surface area contributed by atoms with E-state index in [-0.39, 0.29) is 17.6 Å². The Labute approximate surface area is 181 Å². The maximum atomic E-state index is 12.8. The summed E-state index contributed by atoms with van der Waals surface area (Å²) < 4.78 is 1.88. The highest BCUT2D eigenvalue weighted by molar-refractivity contribution is 5.79. The van der Waals surface area contributed by atoms with Gasteiger partial charge in [0, 0.05) is 24.7 Å². The lowest BCUT2D eigenvalue weighted by molar-refractivity contribution is -0.133. The first kappa shape index (κ1) is 19.8. The number of amides is 1. The van der Waals surface area contributed by atoms with Gasteiger partial charge in [-0.25, -0.2) is 0 Å². The third-order valence-corrected chi connectivity index (χ3v) is 6.60. The van der Waals surface area contributed by atoms with Gasteiger partial charge < -0.3 is 10.4 Å². The van der Waals surface area contributed by atoms with Gasteiger partial charge in [0.15, 0.2) is 0 Å². The minimum atomic E-state index is 0.0623. The van der Waals surface area contributed by atoms with Crippen LogP contribution in [-0.2, 0) is 17.9 Å². The summed E-state index contributed by atoms with van der Waals surface area (Å²) in [6.07, 6.45) is 4.01. The zero-order chi connectivity index (χ0) is 21.2. The lowest BCUT2D eigenvalue weighted by Gasteiger charge is -2.49. The number of hydrogen-bond acceptors (Lipinski definition) is 5. The van der Waals surface area contributed by atoms with Crippen molar-refractivity contribution < 1.29 is 9.90 Å². The Hall–Kier alpha value is -3.19. The number of benzene rings is 2. The van der Waals surface area contributed by atoms with Crippen LogP contribution in [0.5, 0.6) is 5.75 Å². The second kappa shape index (κ2) is 8.51. The molecule has 6 rings (SSSR count). The summed E-state index contributed by atoms with van der Waals surface area (Å²) in [6.45, 7) is 3.19. The molecule has 31 heavy (non-hydrogen) atoms. The smallest absolute Gasteiger partial charge is 0.224 e. The first-order valence-electron chi connectivity index (χ1n) is 10.9. The molecule has 3 aromatic rings. The van der Waals surface area contributed by atoms with E-state index in [1.807, 2.05) is 47.3 Å². The van der Waals surface area contributed by atoms with Crippen molar-refractivity contribution in [1.82, 2.24) is 25.2 Å². The summed E-state index contributed by atoms with van der Waals surface area (Å²) in [4.78, 5) is 15.3. The minimum absolute atomic E-state index is 0.0623. The predicted molar refractivity (Wildman–Crippen MR) is 117 cm³/mol. The number of aromatic hydroxyl groups is 1. The van der Waals surface area contributed by atoms with E-state index in [0.717, 1.165) is 49.3 Å². The number of fused-ring (bicyclic) bond motifs is 3. The Morgan fingerprint density at radius 1 is 1.16 bits per heavy atom. The number of piperidine rings is 3. The Morgan fingerprint density at radius 3 is 2.81 bits per heavy atom. The highest BCUT2D eigenvalue weighted by Gasteiger charge is 2.43. The van der Waals surface area contributed by atoms with Crippen LogP contribution < -0.4 is 5.32 Å². The van der Waals surface area contributed by atoms with E-state index in [2.05, 4.69) is 20.5 Å². The lowest BCUT2D eigenvalue weighted by atomic mass is 9.75. The average molecular weight is 418 g/mol. The van der Waals surface area contributed by atoms with E-state index >= 15 is 0 Å². The van der Waals surface area contributed by atoms with E-state index in [1.165, 1.54) is 0 Å². The van der Waals surface area contributed by atoms with Crippen molar-refractivity contribution in [2.75, 3.05) is 13.1 Å². The number of hydrogen-bond donors (Lipinski definition) is 2. The molecule has 2 aromatic carbocycles. The molecular weight excluding hydrogens is 390 g/mol. The van der Waals surface area contributed by atoms with Crippen LogP contribution in [0.2, 0.25) is 0 Å². The van der Waals surface area contributed by atoms with Gasteiger partial charge in [0.25, 0.3) is 0 Å². The molecule has 2 bridgehead atoms. The van der Waals surface area contributed by atoms with Crippen molar-refractivity contribution in [3.8, 4) is 17.0 Å².